The summed E-state index contributed by atoms with van der Waals surface area (Å²) < 4.78 is 38.1. The second kappa shape index (κ2) is 8.99. The fourth-order valence-corrected chi connectivity index (χ4v) is 2.14. The zero-order valence-electron chi connectivity index (χ0n) is 14.7. The molecule has 0 atom stereocenters. The average Bonchev–Trinajstić information content (AvgIpc) is 2.64. The van der Waals surface area contributed by atoms with E-state index in [2.05, 4.69) is 20.6 Å². The molecule has 12 heteroatoms. The van der Waals surface area contributed by atoms with E-state index in [9.17, 15) is 32.7 Å². The van der Waals surface area contributed by atoms with Gasteiger partial charge in [0.1, 0.15) is 5.56 Å². The Morgan fingerprint density at radius 3 is 2.48 bits per heavy atom. The molecule has 0 aliphatic heterocycles. The van der Waals surface area contributed by atoms with Crippen molar-refractivity contribution >= 4 is 23.7 Å². The van der Waals surface area contributed by atoms with Crippen molar-refractivity contribution in [3.05, 3.63) is 47.2 Å². The normalized spacial score (nSPS) is 11.0. The molecule has 29 heavy (non-hydrogen) atoms. The Morgan fingerprint density at radius 2 is 1.86 bits per heavy atom. The van der Waals surface area contributed by atoms with Crippen LogP contribution in [0, 0.1) is 0 Å². The molecule has 4 N–H and O–H groups in total. The molecule has 2 amide bonds. The predicted molar refractivity (Wildman–Crippen MR) is 91.8 cm³/mol. The van der Waals surface area contributed by atoms with E-state index in [4.69, 9.17) is 5.11 Å². The number of aromatic hydroxyl groups is 1. The molecule has 0 saturated carbocycles. The quantitative estimate of drug-likeness (QED) is 0.544. The maximum absolute atomic E-state index is 12.7. The Balaban J connectivity index is 1.99. The molecule has 0 unspecified atom stereocenters. The Morgan fingerprint density at radius 1 is 1.14 bits per heavy atom. The van der Waals surface area contributed by atoms with Crippen LogP contribution in [0.1, 0.15) is 34.3 Å². The van der Waals surface area contributed by atoms with Gasteiger partial charge in [0.15, 0.2) is 0 Å². The molecule has 0 spiro atoms. The van der Waals surface area contributed by atoms with Crippen molar-refractivity contribution in [2.75, 3.05) is 5.32 Å². The highest BCUT2D eigenvalue weighted by Gasteiger charge is 2.30. The number of carbonyl (C=O) groups is 3. The van der Waals surface area contributed by atoms with Crippen LogP contribution in [0.3, 0.4) is 0 Å². The number of carboxylic acids is 1. The van der Waals surface area contributed by atoms with Crippen LogP contribution in [-0.2, 0) is 22.3 Å². The van der Waals surface area contributed by atoms with Gasteiger partial charge in [-0.3, -0.25) is 19.7 Å². The van der Waals surface area contributed by atoms with Crippen LogP contribution in [0.2, 0.25) is 0 Å². The van der Waals surface area contributed by atoms with Gasteiger partial charge in [-0.05, 0) is 17.7 Å². The fraction of sp³-hybridized carbons (Fsp3) is 0.235. The second-order valence-corrected chi connectivity index (χ2v) is 5.75. The van der Waals surface area contributed by atoms with Crippen LogP contribution in [0.4, 0.5) is 19.1 Å². The lowest BCUT2D eigenvalue weighted by atomic mass is 10.1. The smallest absolute Gasteiger partial charge is 0.416 e. The molecule has 0 saturated heterocycles. The standard InChI is InChI=1S/C17H15F3N4O5/c18-17(19,20)10-3-1-2-9(6-10)7-21-14(28)11-8-22-16(24-15(11)29)23-12(25)4-5-13(26)27/h1-3,6,8H,4-5,7H2,(H,21,28)(H,26,27)(H2,22,23,24,25,29). The number of amides is 2. The first-order valence-electron chi connectivity index (χ1n) is 8.08. The fourth-order valence-electron chi connectivity index (χ4n) is 2.14. The molecule has 0 fully saturated rings. The lowest BCUT2D eigenvalue weighted by Gasteiger charge is -2.10. The number of halogens is 3. The SMILES string of the molecule is O=C(O)CCC(=O)Nc1ncc(C(=O)NCc2cccc(C(F)(F)F)c2)c(O)n1. The third kappa shape index (κ3) is 6.45. The Labute approximate surface area is 161 Å². The summed E-state index contributed by atoms with van der Waals surface area (Å²) in [6, 6.07) is 4.37. The Kier molecular flexibility index (Phi) is 6.70. The first kappa shape index (κ1) is 21.6. The second-order valence-electron chi connectivity index (χ2n) is 5.75. The first-order chi connectivity index (χ1) is 13.6. The number of hydrogen-bond donors (Lipinski definition) is 4. The molecule has 1 heterocycles. The summed E-state index contributed by atoms with van der Waals surface area (Å²) in [4.78, 5) is 41.2. The van der Waals surface area contributed by atoms with E-state index < -0.39 is 41.8 Å². The number of alkyl halides is 3. The van der Waals surface area contributed by atoms with Crippen molar-refractivity contribution in [3.8, 4) is 5.88 Å². The van der Waals surface area contributed by atoms with Crippen LogP contribution < -0.4 is 10.6 Å². The maximum atomic E-state index is 12.7. The number of rotatable bonds is 7. The van der Waals surface area contributed by atoms with E-state index in [0.717, 1.165) is 18.3 Å². The van der Waals surface area contributed by atoms with Gasteiger partial charge >= 0.3 is 12.1 Å². The van der Waals surface area contributed by atoms with Gasteiger partial charge in [0.2, 0.25) is 17.7 Å². The highest BCUT2D eigenvalue weighted by Crippen LogP contribution is 2.29. The van der Waals surface area contributed by atoms with Crippen molar-refractivity contribution in [1.82, 2.24) is 15.3 Å². The summed E-state index contributed by atoms with van der Waals surface area (Å²) in [5.41, 5.74) is -1.03. The molecule has 154 valence electrons. The van der Waals surface area contributed by atoms with Crippen LogP contribution in [-0.4, -0.2) is 38.0 Å². The van der Waals surface area contributed by atoms with Gasteiger partial charge < -0.3 is 15.5 Å². The van der Waals surface area contributed by atoms with E-state index >= 15 is 0 Å². The summed E-state index contributed by atoms with van der Waals surface area (Å²) in [6.07, 6.45) is -4.35. The molecular weight excluding hydrogens is 397 g/mol. The van der Waals surface area contributed by atoms with Gasteiger partial charge in [-0.1, -0.05) is 12.1 Å². The van der Waals surface area contributed by atoms with E-state index in [-0.39, 0.29) is 30.0 Å². The highest BCUT2D eigenvalue weighted by atomic mass is 19.4. The van der Waals surface area contributed by atoms with Crippen molar-refractivity contribution in [2.24, 2.45) is 0 Å². The largest absolute Gasteiger partial charge is 0.493 e. The number of carbonyl (C=O) groups excluding carboxylic acids is 2. The summed E-state index contributed by atoms with van der Waals surface area (Å²) in [6.45, 7) is -0.240. The minimum Gasteiger partial charge on any atom is -0.493 e. The van der Waals surface area contributed by atoms with Gasteiger partial charge in [0.05, 0.1) is 12.0 Å². The number of aliphatic carboxylic acids is 1. The molecule has 2 rings (SSSR count). The minimum absolute atomic E-state index is 0.191. The molecule has 0 aliphatic rings. The number of hydrogen-bond acceptors (Lipinski definition) is 6. The van der Waals surface area contributed by atoms with Crippen molar-refractivity contribution in [1.29, 1.82) is 0 Å². The van der Waals surface area contributed by atoms with Gasteiger partial charge in [-0.2, -0.15) is 18.2 Å². The maximum Gasteiger partial charge on any atom is 0.416 e. The van der Waals surface area contributed by atoms with E-state index in [1.54, 1.807) is 0 Å². The minimum atomic E-state index is -4.52. The van der Waals surface area contributed by atoms with Crippen LogP contribution in [0.5, 0.6) is 5.88 Å². The number of carboxylic acid groups (broad SMARTS) is 1. The van der Waals surface area contributed by atoms with Gasteiger partial charge in [-0.25, -0.2) is 4.98 Å². The molecule has 1 aromatic carbocycles. The van der Waals surface area contributed by atoms with Crippen molar-refractivity contribution < 1.29 is 37.8 Å². The summed E-state index contributed by atoms with van der Waals surface area (Å²) >= 11 is 0. The van der Waals surface area contributed by atoms with E-state index in [1.165, 1.54) is 12.1 Å². The number of nitrogens with one attached hydrogen (secondary N) is 2. The molecule has 0 aliphatic carbocycles. The Bertz CT molecular complexity index is 934. The molecular formula is C17H15F3N4O5. The van der Waals surface area contributed by atoms with Crippen molar-refractivity contribution in [2.45, 2.75) is 25.6 Å². The average molecular weight is 412 g/mol. The lowest BCUT2D eigenvalue weighted by Crippen LogP contribution is -2.24. The van der Waals surface area contributed by atoms with Gasteiger partial charge in [0.25, 0.3) is 5.91 Å². The molecule has 2 aromatic rings. The third-order valence-corrected chi connectivity index (χ3v) is 3.54. The monoisotopic (exact) mass is 412 g/mol. The Hall–Kier alpha value is -3.70. The number of benzene rings is 1. The topological polar surface area (TPSA) is 142 Å². The van der Waals surface area contributed by atoms with Crippen molar-refractivity contribution in [3.63, 3.8) is 0 Å². The first-order valence-corrected chi connectivity index (χ1v) is 8.08. The summed E-state index contributed by atoms with van der Waals surface area (Å²) in [5, 5.41) is 22.8. The molecule has 0 radical (unpaired) electrons. The van der Waals surface area contributed by atoms with E-state index in [0.29, 0.717) is 0 Å². The zero-order chi connectivity index (χ0) is 21.6. The predicted octanol–water partition coefficient (Wildman–Crippen LogP) is 1.93. The molecule has 1 aromatic heterocycles. The van der Waals surface area contributed by atoms with Crippen LogP contribution >= 0.6 is 0 Å². The molecule has 0 bridgehead atoms. The van der Waals surface area contributed by atoms with E-state index in [1.807, 2.05) is 0 Å². The van der Waals surface area contributed by atoms with Crippen LogP contribution in [0.25, 0.3) is 0 Å². The molecule has 9 nitrogen and oxygen atoms in total. The van der Waals surface area contributed by atoms with Gasteiger partial charge in [-0.15, -0.1) is 0 Å². The third-order valence-electron chi connectivity index (χ3n) is 3.54. The number of anilines is 1. The summed E-state index contributed by atoms with van der Waals surface area (Å²) in [5.74, 6) is -3.82. The van der Waals surface area contributed by atoms with Gasteiger partial charge in [0, 0.05) is 19.2 Å². The zero-order valence-corrected chi connectivity index (χ0v) is 14.7. The lowest BCUT2D eigenvalue weighted by molar-refractivity contribution is -0.138. The summed E-state index contributed by atoms with van der Waals surface area (Å²) in [7, 11) is 0. The number of nitrogens with zero attached hydrogens (tertiary/aromatic N) is 2. The van der Waals surface area contributed by atoms with Crippen LogP contribution in [0.15, 0.2) is 30.5 Å². The number of aromatic nitrogens is 2. The highest BCUT2D eigenvalue weighted by molar-refractivity contribution is 5.96.